The SMILES string of the molecule is CCc1cc2c(Nc3cccc(Br)c3)ncnc2cn1. The number of benzene rings is 1. The van der Waals surface area contributed by atoms with Crippen LogP contribution in [-0.2, 0) is 6.42 Å². The molecule has 0 aliphatic heterocycles. The Balaban J connectivity index is 2.06. The second-order valence-electron chi connectivity index (χ2n) is 4.40. The summed E-state index contributed by atoms with van der Waals surface area (Å²) in [5.41, 5.74) is 2.86. The molecule has 0 unspecified atom stereocenters. The summed E-state index contributed by atoms with van der Waals surface area (Å²) < 4.78 is 1.02. The predicted octanol–water partition coefficient (Wildman–Crippen LogP) is 4.09. The third-order valence-electron chi connectivity index (χ3n) is 3.03. The minimum absolute atomic E-state index is 0.796. The van der Waals surface area contributed by atoms with Gasteiger partial charge in [0, 0.05) is 21.2 Å². The fraction of sp³-hybridized carbons (Fsp3) is 0.133. The quantitative estimate of drug-likeness (QED) is 0.786. The molecule has 5 heteroatoms. The van der Waals surface area contributed by atoms with E-state index in [1.165, 1.54) is 0 Å². The molecule has 0 amide bonds. The molecule has 0 fully saturated rings. The van der Waals surface area contributed by atoms with Gasteiger partial charge < -0.3 is 5.32 Å². The number of aromatic nitrogens is 3. The zero-order chi connectivity index (χ0) is 13.9. The van der Waals surface area contributed by atoms with Crippen molar-refractivity contribution in [3.8, 4) is 0 Å². The lowest BCUT2D eigenvalue weighted by molar-refractivity contribution is 1.04. The highest BCUT2D eigenvalue weighted by Crippen LogP contribution is 2.24. The van der Waals surface area contributed by atoms with Crippen LogP contribution in [0.5, 0.6) is 0 Å². The highest BCUT2D eigenvalue weighted by atomic mass is 79.9. The molecule has 0 bridgehead atoms. The van der Waals surface area contributed by atoms with Crippen molar-refractivity contribution in [1.82, 2.24) is 15.0 Å². The number of fused-ring (bicyclic) bond motifs is 1. The Morgan fingerprint density at radius 2 is 2.05 bits per heavy atom. The van der Waals surface area contributed by atoms with Gasteiger partial charge in [0.2, 0.25) is 0 Å². The standard InChI is InChI=1S/C15H13BrN4/c1-2-11-7-13-14(8-17-11)18-9-19-15(13)20-12-5-3-4-10(16)6-12/h3-9H,2H2,1H3,(H,18,19,20). The van der Waals surface area contributed by atoms with Crippen LogP contribution in [0.4, 0.5) is 11.5 Å². The first-order valence-electron chi connectivity index (χ1n) is 6.38. The van der Waals surface area contributed by atoms with Crippen LogP contribution in [-0.4, -0.2) is 15.0 Å². The average molecular weight is 329 g/mol. The van der Waals surface area contributed by atoms with Crippen molar-refractivity contribution in [3.63, 3.8) is 0 Å². The van der Waals surface area contributed by atoms with E-state index in [2.05, 4.69) is 43.1 Å². The van der Waals surface area contributed by atoms with Crippen LogP contribution >= 0.6 is 15.9 Å². The van der Waals surface area contributed by atoms with Crippen LogP contribution in [0, 0.1) is 0 Å². The molecule has 0 radical (unpaired) electrons. The lowest BCUT2D eigenvalue weighted by atomic mass is 10.2. The molecule has 0 aliphatic rings. The minimum atomic E-state index is 0.796. The maximum Gasteiger partial charge on any atom is 0.141 e. The lowest BCUT2D eigenvalue weighted by Gasteiger charge is -2.09. The van der Waals surface area contributed by atoms with Crippen molar-refractivity contribution in [2.24, 2.45) is 0 Å². The van der Waals surface area contributed by atoms with Crippen molar-refractivity contribution >= 4 is 38.3 Å². The molecule has 4 nitrogen and oxygen atoms in total. The molecule has 20 heavy (non-hydrogen) atoms. The smallest absolute Gasteiger partial charge is 0.141 e. The Labute approximate surface area is 125 Å². The maximum absolute atomic E-state index is 4.36. The van der Waals surface area contributed by atoms with Crippen molar-refractivity contribution < 1.29 is 0 Å². The topological polar surface area (TPSA) is 50.7 Å². The fourth-order valence-electron chi connectivity index (χ4n) is 2.00. The van der Waals surface area contributed by atoms with E-state index < -0.39 is 0 Å². The van der Waals surface area contributed by atoms with Crippen LogP contribution in [0.25, 0.3) is 10.9 Å². The molecule has 2 heterocycles. The van der Waals surface area contributed by atoms with E-state index in [4.69, 9.17) is 0 Å². The number of aryl methyl sites for hydroxylation is 1. The van der Waals surface area contributed by atoms with E-state index in [0.29, 0.717) is 0 Å². The van der Waals surface area contributed by atoms with Gasteiger partial charge in [-0.25, -0.2) is 9.97 Å². The highest BCUT2D eigenvalue weighted by Gasteiger charge is 2.06. The molecular formula is C15H13BrN4. The third-order valence-corrected chi connectivity index (χ3v) is 3.52. The van der Waals surface area contributed by atoms with E-state index in [0.717, 1.165) is 39.0 Å². The summed E-state index contributed by atoms with van der Waals surface area (Å²) in [6.07, 6.45) is 4.24. The molecule has 0 spiro atoms. The Morgan fingerprint density at radius 1 is 1.15 bits per heavy atom. The average Bonchev–Trinajstić information content (AvgIpc) is 2.47. The number of pyridine rings is 1. The maximum atomic E-state index is 4.36. The van der Waals surface area contributed by atoms with Gasteiger partial charge in [0.05, 0.1) is 11.7 Å². The van der Waals surface area contributed by atoms with Gasteiger partial charge in [-0.15, -0.1) is 0 Å². The molecule has 100 valence electrons. The molecule has 3 aromatic rings. The summed E-state index contributed by atoms with van der Waals surface area (Å²) in [6, 6.07) is 10.0. The van der Waals surface area contributed by atoms with E-state index in [1.807, 2.05) is 30.3 Å². The zero-order valence-corrected chi connectivity index (χ0v) is 12.6. The summed E-state index contributed by atoms with van der Waals surface area (Å²) in [7, 11) is 0. The summed E-state index contributed by atoms with van der Waals surface area (Å²) in [4.78, 5) is 13.0. The summed E-state index contributed by atoms with van der Waals surface area (Å²) in [5.74, 6) is 0.796. The Kier molecular flexibility index (Phi) is 3.60. The van der Waals surface area contributed by atoms with Gasteiger partial charge in [-0.1, -0.05) is 28.9 Å². The van der Waals surface area contributed by atoms with Crippen molar-refractivity contribution in [2.75, 3.05) is 5.32 Å². The summed E-state index contributed by atoms with van der Waals surface area (Å²) >= 11 is 3.47. The molecule has 1 N–H and O–H groups in total. The number of hydrogen-bond acceptors (Lipinski definition) is 4. The van der Waals surface area contributed by atoms with Gasteiger partial charge in [-0.05, 0) is 30.7 Å². The van der Waals surface area contributed by atoms with Crippen LogP contribution in [0.2, 0.25) is 0 Å². The van der Waals surface area contributed by atoms with Gasteiger partial charge in [0.15, 0.2) is 0 Å². The van der Waals surface area contributed by atoms with Gasteiger partial charge in [-0.3, -0.25) is 4.98 Å². The Hall–Kier alpha value is -2.01. The molecule has 1 aromatic carbocycles. The molecule has 2 aromatic heterocycles. The van der Waals surface area contributed by atoms with E-state index in [-0.39, 0.29) is 0 Å². The van der Waals surface area contributed by atoms with Gasteiger partial charge in [0.1, 0.15) is 12.1 Å². The fourth-order valence-corrected chi connectivity index (χ4v) is 2.40. The number of rotatable bonds is 3. The predicted molar refractivity (Wildman–Crippen MR) is 84.1 cm³/mol. The number of halogens is 1. The normalized spacial score (nSPS) is 10.7. The number of hydrogen-bond donors (Lipinski definition) is 1. The molecule has 0 saturated heterocycles. The highest BCUT2D eigenvalue weighted by molar-refractivity contribution is 9.10. The van der Waals surface area contributed by atoms with E-state index in [1.54, 1.807) is 12.5 Å². The van der Waals surface area contributed by atoms with Crippen molar-refractivity contribution in [2.45, 2.75) is 13.3 Å². The largest absolute Gasteiger partial charge is 0.340 e. The number of nitrogens with one attached hydrogen (secondary N) is 1. The summed E-state index contributed by atoms with van der Waals surface area (Å²) in [5, 5.41) is 4.32. The monoisotopic (exact) mass is 328 g/mol. The molecule has 3 rings (SSSR count). The van der Waals surface area contributed by atoms with Gasteiger partial charge in [-0.2, -0.15) is 0 Å². The first-order valence-corrected chi connectivity index (χ1v) is 7.18. The van der Waals surface area contributed by atoms with Crippen LogP contribution in [0.15, 0.2) is 47.3 Å². The van der Waals surface area contributed by atoms with Crippen molar-refractivity contribution in [3.05, 3.63) is 53.0 Å². The molecular weight excluding hydrogens is 316 g/mol. The molecule has 0 atom stereocenters. The van der Waals surface area contributed by atoms with Crippen LogP contribution in [0.3, 0.4) is 0 Å². The van der Waals surface area contributed by atoms with Gasteiger partial charge >= 0.3 is 0 Å². The van der Waals surface area contributed by atoms with Gasteiger partial charge in [0.25, 0.3) is 0 Å². The Bertz CT molecular complexity index is 758. The number of nitrogens with zero attached hydrogens (tertiary/aromatic N) is 3. The lowest BCUT2D eigenvalue weighted by Crippen LogP contribution is -1.97. The van der Waals surface area contributed by atoms with E-state index in [9.17, 15) is 0 Å². The number of anilines is 2. The third kappa shape index (κ3) is 2.63. The zero-order valence-electron chi connectivity index (χ0n) is 11.0. The minimum Gasteiger partial charge on any atom is -0.340 e. The van der Waals surface area contributed by atoms with Crippen LogP contribution in [0.1, 0.15) is 12.6 Å². The first kappa shape index (κ1) is 13.0. The Morgan fingerprint density at radius 3 is 2.85 bits per heavy atom. The second kappa shape index (κ2) is 5.54. The molecule has 0 aliphatic carbocycles. The summed E-state index contributed by atoms with van der Waals surface area (Å²) in [6.45, 7) is 2.08. The molecule has 0 saturated carbocycles. The van der Waals surface area contributed by atoms with Crippen molar-refractivity contribution in [1.29, 1.82) is 0 Å². The first-order chi connectivity index (χ1) is 9.76. The van der Waals surface area contributed by atoms with Crippen LogP contribution < -0.4 is 5.32 Å². The van der Waals surface area contributed by atoms with E-state index >= 15 is 0 Å². The second-order valence-corrected chi connectivity index (χ2v) is 5.32.